The third kappa shape index (κ3) is 6.84. The Balaban J connectivity index is 1.05. The number of rotatable bonds is 8. The predicted octanol–water partition coefficient (Wildman–Crippen LogP) is 5.62. The molecule has 2 aliphatic heterocycles. The topological polar surface area (TPSA) is 47.6 Å². The first kappa shape index (κ1) is 26.1. The average molecular weight is 509 g/mol. The van der Waals surface area contributed by atoms with Crippen LogP contribution in [0.5, 0.6) is 0 Å². The largest absolute Gasteiger partial charge is 0.382 e. The first-order valence-electron chi connectivity index (χ1n) is 14.0. The van der Waals surface area contributed by atoms with E-state index in [1.54, 1.807) is 0 Å². The maximum Gasteiger partial charge on any atom is 0.251 e. The fourth-order valence-corrected chi connectivity index (χ4v) is 5.53. The quantitative estimate of drug-likeness (QED) is 0.415. The number of benzene rings is 3. The van der Waals surface area contributed by atoms with Gasteiger partial charge < -0.3 is 15.5 Å². The molecule has 2 fully saturated rings. The van der Waals surface area contributed by atoms with Crippen LogP contribution in [0.2, 0.25) is 0 Å². The van der Waals surface area contributed by atoms with Crippen LogP contribution in [0.3, 0.4) is 0 Å². The van der Waals surface area contributed by atoms with Crippen molar-refractivity contribution in [1.29, 1.82) is 0 Å². The zero-order valence-electron chi connectivity index (χ0n) is 22.5. The number of para-hydroxylation sites is 1. The molecule has 0 aromatic heterocycles. The highest BCUT2D eigenvalue weighted by Crippen LogP contribution is 2.21. The summed E-state index contributed by atoms with van der Waals surface area (Å²) in [7, 11) is 0. The van der Waals surface area contributed by atoms with Gasteiger partial charge in [-0.3, -0.25) is 9.69 Å². The fourth-order valence-electron chi connectivity index (χ4n) is 5.53. The molecule has 0 unspecified atom stereocenters. The van der Waals surface area contributed by atoms with E-state index in [-0.39, 0.29) is 11.9 Å². The lowest BCUT2D eigenvalue weighted by Crippen LogP contribution is -2.44. The smallest absolute Gasteiger partial charge is 0.251 e. The Hall–Kier alpha value is -3.57. The molecule has 0 radical (unpaired) electrons. The molecule has 2 saturated heterocycles. The summed E-state index contributed by atoms with van der Waals surface area (Å²) in [6.45, 7) is 11.5. The van der Waals surface area contributed by atoms with Gasteiger partial charge in [0.25, 0.3) is 5.91 Å². The number of aryl methyl sites for hydroxylation is 1. The molecule has 38 heavy (non-hydrogen) atoms. The van der Waals surface area contributed by atoms with Crippen molar-refractivity contribution in [3.63, 3.8) is 0 Å². The summed E-state index contributed by atoms with van der Waals surface area (Å²) in [4.78, 5) is 17.8. The monoisotopic (exact) mass is 508 g/mol. The van der Waals surface area contributed by atoms with Gasteiger partial charge in [0.1, 0.15) is 0 Å². The van der Waals surface area contributed by atoms with E-state index in [0.29, 0.717) is 11.6 Å². The SMILES string of the molecule is C=C(NC1CCN(Cc2ccc(C)cc2)CC1)c1ccc(C(=O)NC2CCN(c3ccccc3)CC2)cc1. The Bertz CT molecular complexity index is 1190. The third-order valence-electron chi connectivity index (χ3n) is 7.94. The van der Waals surface area contributed by atoms with Crippen molar-refractivity contribution in [3.8, 4) is 0 Å². The zero-order valence-corrected chi connectivity index (χ0v) is 22.5. The molecule has 5 rings (SSSR count). The van der Waals surface area contributed by atoms with Crippen LogP contribution in [0.1, 0.15) is 52.7 Å². The maximum atomic E-state index is 12.9. The normalized spacial score (nSPS) is 17.2. The van der Waals surface area contributed by atoms with Gasteiger partial charge in [-0.1, -0.05) is 66.7 Å². The lowest BCUT2D eigenvalue weighted by atomic mass is 10.0. The number of anilines is 1. The summed E-state index contributed by atoms with van der Waals surface area (Å²) in [5.41, 5.74) is 6.63. The van der Waals surface area contributed by atoms with Gasteiger partial charge in [-0.2, -0.15) is 0 Å². The molecule has 0 saturated carbocycles. The molecule has 5 nitrogen and oxygen atoms in total. The predicted molar refractivity (Wildman–Crippen MR) is 157 cm³/mol. The maximum absolute atomic E-state index is 12.9. The molecular weight excluding hydrogens is 468 g/mol. The van der Waals surface area contributed by atoms with Crippen molar-refractivity contribution in [2.45, 2.75) is 51.2 Å². The molecule has 0 aliphatic carbocycles. The summed E-state index contributed by atoms with van der Waals surface area (Å²) in [5, 5.41) is 6.87. The van der Waals surface area contributed by atoms with E-state index < -0.39 is 0 Å². The minimum Gasteiger partial charge on any atom is -0.382 e. The Morgan fingerprint density at radius 2 is 1.34 bits per heavy atom. The highest BCUT2D eigenvalue weighted by atomic mass is 16.1. The van der Waals surface area contributed by atoms with Crippen molar-refractivity contribution >= 4 is 17.3 Å². The highest BCUT2D eigenvalue weighted by Gasteiger charge is 2.22. The van der Waals surface area contributed by atoms with E-state index in [4.69, 9.17) is 0 Å². The average Bonchev–Trinajstić information content (AvgIpc) is 2.96. The number of nitrogens with one attached hydrogen (secondary N) is 2. The molecule has 2 aliphatic rings. The van der Waals surface area contributed by atoms with Gasteiger partial charge in [0.2, 0.25) is 0 Å². The van der Waals surface area contributed by atoms with Gasteiger partial charge in [0.15, 0.2) is 0 Å². The standard InChI is InChI=1S/C33H40N4O/c1-25-8-10-27(11-9-25)24-36-20-16-30(17-21-36)34-26(2)28-12-14-29(15-13-28)33(38)35-31-18-22-37(23-19-31)32-6-4-3-5-7-32/h3-15,30-31,34H,2,16-24H2,1H3,(H,35,38). The Labute approximate surface area is 227 Å². The molecule has 0 atom stereocenters. The number of likely N-dealkylation sites (tertiary alicyclic amines) is 1. The van der Waals surface area contributed by atoms with Crippen LogP contribution in [0.4, 0.5) is 5.69 Å². The van der Waals surface area contributed by atoms with Gasteiger partial charge in [0, 0.05) is 61.8 Å². The molecule has 2 N–H and O–H groups in total. The molecule has 3 aromatic carbocycles. The summed E-state index contributed by atoms with van der Waals surface area (Å²) < 4.78 is 0. The summed E-state index contributed by atoms with van der Waals surface area (Å²) in [6.07, 6.45) is 4.13. The van der Waals surface area contributed by atoms with Crippen LogP contribution in [-0.2, 0) is 6.54 Å². The van der Waals surface area contributed by atoms with Gasteiger partial charge in [-0.05, 0) is 68.0 Å². The van der Waals surface area contributed by atoms with Crippen molar-refractivity contribution in [2.75, 3.05) is 31.1 Å². The van der Waals surface area contributed by atoms with Crippen LogP contribution in [0.25, 0.3) is 5.70 Å². The van der Waals surface area contributed by atoms with Gasteiger partial charge >= 0.3 is 0 Å². The molecule has 5 heteroatoms. The number of hydrogen-bond donors (Lipinski definition) is 2. The van der Waals surface area contributed by atoms with E-state index in [1.807, 2.05) is 30.3 Å². The number of piperidine rings is 2. The molecule has 0 spiro atoms. The second kappa shape index (κ2) is 12.3. The number of amides is 1. The number of hydrogen-bond acceptors (Lipinski definition) is 4. The lowest BCUT2D eigenvalue weighted by Gasteiger charge is -2.34. The number of carbonyl (C=O) groups excluding carboxylic acids is 1. The van der Waals surface area contributed by atoms with E-state index in [1.165, 1.54) is 16.8 Å². The highest BCUT2D eigenvalue weighted by molar-refractivity contribution is 5.94. The number of carbonyl (C=O) groups is 1. The van der Waals surface area contributed by atoms with Crippen LogP contribution in [0, 0.1) is 6.92 Å². The first-order valence-corrected chi connectivity index (χ1v) is 14.0. The van der Waals surface area contributed by atoms with Gasteiger partial charge in [-0.15, -0.1) is 0 Å². The molecule has 3 aromatic rings. The molecule has 0 bridgehead atoms. The summed E-state index contributed by atoms with van der Waals surface area (Å²) >= 11 is 0. The molecule has 198 valence electrons. The lowest BCUT2D eigenvalue weighted by molar-refractivity contribution is 0.0931. The summed E-state index contributed by atoms with van der Waals surface area (Å²) in [6, 6.07) is 27.9. The van der Waals surface area contributed by atoms with E-state index in [2.05, 4.69) is 82.5 Å². The van der Waals surface area contributed by atoms with Crippen LogP contribution < -0.4 is 15.5 Å². The van der Waals surface area contributed by atoms with E-state index in [0.717, 1.165) is 69.7 Å². The second-order valence-corrected chi connectivity index (χ2v) is 10.8. The number of nitrogens with zero attached hydrogens (tertiary/aromatic N) is 2. The van der Waals surface area contributed by atoms with E-state index >= 15 is 0 Å². The van der Waals surface area contributed by atoms with Gasteiger partial charge in [0.05, 0.1) is 0 Å². The van der Waals surface area contributed by atoms with Gasteiger partial charge in [-0.25, -0.2) is 0 Å². The van der Waals surface area contributed by atoms with Crippen LogP contribution in [-0.4, -0.2) is 49.1 Å². The molecule has 2 heterocycles. The Morgan fingerprint density at radius 1 is 0.763 bits per heavy atom. The summed E-state index contributed by atoms with van der Waals surface area (Å²) in [5.74, 6) is 0.00855. The Kier molecular flexibility index (Phi) is 8.44. The van der Waals surface area contributed by atoms with Crippen molar-refractivity contribution in [1.82, 2.24) is 15.5 Å². The minimum absolute atomic E-state index is 0.00855. The first-order chi connectivity index (χ1) is 18.5. The van der Waals surface area contributed by atoms with E-state index in [9.17, 15) is 4.79 Å². The second-order valence-electron chi connectivity index (χ2n) is 10.8. The Morgan fingerprint density at radius 3 is 2.00 bits per heavy atom. The van der Waals surface area contributed by atoms with Crippen LogP contribution >= 0.6 is 0 Å². The zero-order chi connectivity index (χ0) is 26.3. The third-order valence-corrected chi connectivity index (χ3v) is 7.94. The molecular formula is C33H40N4O. The van der Waals surface area contributed by atoms with Crippen molar-refractivity contribution < 1.29 is 4.79 Å². The minimum atomic E-state index is 0.00855. The van der Waals surface area contributed by atoms with Crippen molar-refractivity contribution in [2.24, 2.45) is 0 Å². The fraction of sp³-hybridized carbons (Fsp3) is 0.364. The molecule has 1 amide bonds. The van der Waals surface area contributed by atoms with Crippen molar-refractivity contribution in [3.05, 3.63) is 108 Å². The van der Waals surface area contributed by atoms with Crippen LogP contribution in [0.15, 0.2) is 85.4 Å².